The predicted octanol–water partition coefficient (Wildman–Crippen LogP) is 3.29. The molecule has 0 bridgehead atoms. The third kappa shape index (κ3) is 4.97. The number of carbonyl (C=O) groups is 1. The zero-order valence-electron chi connectivity index (χ0n) is 15.3. The van der Waals surface area contributed by atoms with Gasteiger partial charge >= 0.3 is 0 Å². The van der Waals surface area contributed by atoms with E-state index in [-0.39, 0.29) is 25.6 Å². The fraction of sp³-hybridized carbons (Fsp3) is 0.316. The molecular formula is C19H20Cl2N2O4S. The third-order valence-corrected chi connectivity index (χ3v) is 6.40. The highest BCUT2D eigenvalue weighted by Crippen LogP contribution is 2.25. The SMILES string of the molecule is CS(=O)(=O)N1CCN(C(=O)c2ccccc2OCc2ccc(Cl)cc2Cl)CC1. The van der Waals surface area contributed by atoms with Crippen molar-refractivity contribution in [3.05, 3.63) is 63.6 Å². The second-order valence-electron chi connectivity index (χ2n) is 6.47. The number of benzene rings is 2. The number of halogens is 2. The molecule has 0 atom stereocenters. The molecule has 1 heterocycles. The van der Waals surface area contributed by atoms with Gasteiger partial charge in [0.25, 0.3) is 5.91 Å². The highest BCUT2D eigenvalue weighted by atomic mass is 35.5. The summed E-state index contributed by atoms with van der Waals surface area (Å²) in [5.74, 6) is 0.259. The first-order chi connectivity index (χ1) is 13.3. The highest BCUT2D eigenvalue weighted by Gasteiger charge is 2.27. The van der Waals surface area contributed by atoms with Crippen LogP contribution in [0, 0.1) is 0 Å². The normalized spacial score (nSPS) is 15.5. The molecule has 0 aliphatic carbocycles. The van der Waals surface area contributed by atoms with Gasteiger partial charge in [0.2, 0.25) is 10.0 Å². The maximum absolute atomic E-state index is 12.9. The van der Waals surface area contributed by atoms with Crippen LogP contribution < -0.4 is 4.74 Å². The van der Waals surface area contributed by atoms with Crippen LogP contribution in [0.25, 0.3) is 0 Å². The summed E-state index contributed by atoms with van der Waals surface area (Å²) >= 11 is 12.1. The summed E-state index contributed by atoms with van der Waals surface area (Å²) in [6.07, 6.45) is 1.18. The van der Waals surface area contributed by atoms with Crippen LogP contribution in [0.3, 0.4) is 0 Å². The molecule has 0 radical (unpaired) electrons. The van der Waals surface area contributed by atoms with E-state index < -0.39 is 10.0 Å². The minimum absolute atomic E-state index is 0.189. The number of sulfonamides is 1. The van der Waals surface area contributed by atoms with Gasteiger partial charge in [-0.05, 0) is 24.3 Å². The number of piperazine rings is 1. The number of nitrogens with zero attached hydrogens (tertiary/aromatic N) is 2. The number of rotatable bonds is 5. The first-order valence-electron chi connectivity index (χ1n) is 8.66. The zero-order chi connectivity index (χ0) is 20.3. The van der Waals surface area contributed by atoms with E-state index in [2.05, 4.69) is 0 Å². The van der Waals surface area contributed by atoms with E-state index >= 15 is 0 Å². The molecule has 1 aliphatic heterocycles. The Kier molecular flexibility index (Phi) is 6.50. The van der Waals surface area contributed by atoms with Gasteiger partial charge in [-0.2, -0.15) is 4.31 Å². The van der Waals surface area contributed by atoms with Gasteiger partial charge in [-0.1, -0.05) is 41.4 Å². The molecule has 0 N–H and O–H groups in total. The lowest BCUT2D eigenvalue weighted by Crippen LogP contribution is -2.50. The Morgan fingerprint density at radius 1 is 1.07 bits per heavy atom. The molecule has 0 unspecified atom stereocenters. The van der Waals surface area contributed by atoms with Gasteiger partial charge in [0, 0.05) is 41.8 Å². The monoisotopic (exact) mass is 442 g/mol. The van der Waals surface area contributed by atoms with Crippen LogP contribution in [0.5, 0.6) is 5.75 Å². The number of hydrogen-bond acceptors (Lipinski definition) is 4. The number of amides is 1. The van der Waals surface area contributed by atoms with E-state index in [4.69, 9.17) is 27.9 Å². The lowest BCUT2D eigenvalue weighted by atomic mass is 10.1. The topological polar surface area (TPSA) is 66.9 Å². The van der Waals surface area contributed by atoms with E-state index in [1.807, 2.05) is 0 Å². The van der Waals surface area contributed by atoms with Crippen molar-refractivity contribution in [3.8, 4) is 5.75 Å². The van der Waals surface area contributed by atoms with Crippen molar-refractivity contribution >= 4 is 39.1 Å². The first kappa shape index (κ1) is 20.9. The number of carbonyl (C=O) groups excluding carboxylic acids is 1. The van der Waals surface area contributed by atoms with E-state index in [9.17, 15) is 13.2 Å². The molecular weight excluding hydrogens is 423 g/mol. The standard InChI is InChI=1S/C19H20Cl2N2O4S/c1-28(25,26)23-10-8-22(9-11-23)19(24)16-4-2-3-5-18(16)27-13-14-6-7-15(20)12-17(14)21/h2-7,12H,8-11,13H2,1H3. The van der Waals surface area contributed by atoms with Gasteiger partial charge in [-0.3, -0.25) is 4.79 Å². The Bertz CT molecular complexity index is 974. The van der Waals surface area contributed by atoms with Gasteiger partial charge < -0.3 is 9.64 Å². The molecule has 1 saturated heterocycles. The van der Waals surface area contributed by atoms with Crippen molar-refractivity contribution in [2.75, 3.05) is 32.4 Å². The molecule has 1 aliphatic rings. The first-order valence-corrected chi connectivity index (χ1v) is 11.3. The Morgan fingerprint density at radius 2 is 1.75 bits per heavy atom. The fourth-order valence-corrected chi connectivity index (χ4v) is 4.25. The summed E-state index contributed by atoms with van der Waals surface area (Å²) in [4.78, 5) is 14.6. The molecule has 0 spiro atoms. The maximum atomic E-state index is 12.9. The van der Waals surface area contributed by atoms with Gasteiger partial charge in [-0.15, -0.1) is 0 Å². The van der Waals surface area contributed by atoms with Crippen molar-refractivity contribution in [2.45, 2.75) is 6.61 Å². The van der Waals surface area contributed by atoms with Crippen molar-refractivity contribution in [1.29, 1.82) is 0 Å². The molecule has 3 rings (SSSR count). The van der Waals surface area contributed by atoms with Crippen molar-refractivity contribution in [3.63, 3.8) is 0 Å². The van der Waals surface area contributed by atoms with Crippen molar-refractivity contribution < 1.29 is 17.9 Å². The average molecular weight is 443 g/mol. The summed E-state index contributed by atoms with van der Waals surface area (Å²) in [5.41, 5.74) is 1.19. The van der Waals surface area contributed by atoms with E-state index in [0.29, 0.717) is 34.4 Å². The summed E-state index contributed by atoms with van der Waals surface area (Å²) in [7, 11) is -3.25. The summed E-state index contributed by atoms with van der Waals surface area (Å²) < 4.78 is 30.5. The summed E-state index contributed by atoms with van der Waals surface area (Å²) in [6.45, 7) is 1.44. The Balaban J connectivity index is 1.70. The van der Waals surface area contributed by atoms with Crippen LogP contribution in [0.2, 0.25) is 10.0 Å². The minimum Gasteiger partial charge on any atom is -0.488 e. The van der Waals surface area contributed by atoms with Crippen LogP contribution in [-0.2, 0) is 16.6 Å². The second kappa shape index (κ2) is 8.69. The average Bonchev–Trinajstić information content (AvgIpc) is 2.66. The van der Waals surface area contributed by atoms with Gasteiger partial charge in [0.1, 0.15) is 12.4 Å². The third-order valence-electron chi connectivity index (χ3n) is 4.51. The lowest BCUT2D eigenvalue weighted by Gasteiger charge is -2.33. The molecule has 2 aromatic rings. The molecule has 2 aromatic carbocycles. The Morgan fingerprint density at radius 3 is 2.39 bits per heavy atom. The lowest BCUT2D eigenvalue weighted by molar-refractivity contribution is 0.0693. The Hall–Kier alpha value is -1.80. The van der Waals surface area contributed by atoms with Crippen molar-refractivity contribution in [2.24, 2.45) is 0 Å². The molecule has 9 heteroatoms. The van der Waals surface area contributed by atoms with Crippen LogP contribution in [-0.4, -0.2) is 56.0 Å². The predicted molar refractivity (Wildman–Crippen MR) is 110 cm³/mol. The van der Waals surface area contributed by atoms with E-state index in [1.165, 1.54) is 10.6 Å². The molecule has 28 heavy (non-hydrogen) atoms. The number of ether oxygens (including phenoxy) is 1. The molecule has 1 fully saturated rings. The highest BCUT2D eigenvalue weighted by molar-refractivity contribution is 7.88. The maximum Gasteiger partial charge on any atom is 0.257 e. The second-order valence-corrected chi connectivity index (χ2v) is 9.30. The van der Waals surface area contributed by atoms with Crippen LogP contribution in [0.4, 0.5) is 0 Å². The summed E-state index contributed by atoms with van der Waals surface area (Å²) in [5, 5.41) is 1.03. The van der Waals surface area contributed by atoms with Crippen molar-refractivity contribution in [1.82, 2.24) is 9.21 Å². The van der Waals surface area contributed by atoms with Gasteiger partial charge in [-0.25, -0.2) is 8.42 Å². The number of para-hydroxylation sites is 1. The van der Waals surface area contributed by atoms with Gasteiger partial charge in [0.05, 0.1) is 11.8 Å². The van der Waals surface area contributed by atoms with E-state index in [1.54, 1.807) is 47.4 Å². The molecule has 150 valence electrons. The van der Waals surface area contributed by atoms with Crippen LogP contribution >= 0.6 is 23.2 Å². The summed E-state index contributed by atoms with van der Waals surface area (Å²) in [6, 6.07) is 12.1. The Labute approximate surface area is 174 Å². The molecule has 0 aromatic heterocycles. The van der Waals surface area contributed by atoms with Gasteiger partial charge in [0.15, 0.2) is 0 Å². The molecule has 0 saturated carbocycles. The van der Waals surface area contributed by atoms with E-state index in [0.717, 1.165) is 5.56 Å². The van der Waals surface area contributed by atoms with Crippen LogP contribution in [0.15, 0.2) is 42.5 Å². The molecule has 1 amide bonds. The quantitative estimate of drug-likeness (QED) is 0.712. The fourth-order valence-electron chi connectivity index (χ4n) is 2.96. The smallest absolute Gasteiger partial charge is 0.257 e. The zero-order valence-corrected chi connectivity index (χ0v) is 17.6. The largest absolute Gasteiger partial charge is 0.488 e. The molecule has 6 nitrogen and oxygen atoms in total. The number of hydrogen-bond donors (Lipinski definition) is 0. The van der Waals surface area contributed by atoms with Crippen LogP contribution in [0.1, 0.15) is 15.9 Å². The minimum atomic E-state index is -3.25.